The summed E-state index contributed by atoms with van der Waals surface area (Å²) >= 11 is 0. The van der Waals surface area contributed by atoms with E-state index in [2.05, 4.69) is 10.6 Å². The van der Waals surface area contributed by atoms with Crippen molar-refractivity contribution in [1.29, 1.82) is 0 Å². The molecule has 0 aliphatic heterocycles. The molecule has 2 rings (SSSR count). The average molecular weight is 284 g/mol. The summed E-state index contributed by atoms with van der Waals surface area (Å²) in [5.74, 6) is -2.07. The Morgan fingerprint density at radius 2 is 2.10 bits per heavy atom. The van der Waals surface area contributed by atoms with Gasteiger partial charge in [-0.1, -0.05) is 12.5 Å². The van der Waals surface area contributed by atoms with Crippen LogP contribution in [0.15, 0.2) is 18.2 Å². The standard InChI is InChI=1S/C14H18F2N2O2/c15-10-3-1-4-11(12(10)16)18-13(20)17-9-14(7-8-19)5-2-6-14/h1,3-4,19H,2,5-9H2,(H2,17,18,20). The highest BCUT2D eigenvalue weighted by Gasteiger charge is 2.36. The maximum absolute atomic E-state index is 13.4. The van der Waals surface area contributed by atoms with Gasteiger partial charge in [0.05, 0.1) is 5.69 Å². The molecule has 2 amide bonds. The number of carbonyl (C=O) groups is 1. The van der Waals surface area contributed by atoms with Crippen LogP contribution in [0.1, 0.15) is 25.7 Å². The molecule has 20 heavy (non-hydrogen) atoms. The molecule has 1 aromatic carbocycles. The van der Waals surface area contributed by atoms with Crippen molar-refractivity contribution in [2.24, 2.45) is 5.41 Å². The van der Waals surface area contributed by atoms with Crippen molar-refractivity contribution in [3.63, 3.8) is 0 Å². The van der Waals surface area contributed by atoms with E-state index in [1.54, 1.807) is 0 Å². The molecule has 4 nitrogen and oxygen atoms in total. The van der Waals surface area contributed by atoms with E-state index in [9.17, 15) is 13.6 Å². The first-order valence-corrected chi connectivity index (χ1v) is 6.66. The summed E-state index contributed by atoms with van der Waals surface area (Å²) in [6.45, 7) is 0.512. The molecule has 0 aromatic heterocycles. The first-order valence-electron chi connectivity index (χ1n) is 6.66. The van der Waals surface area contributed by atoms with E-state index in [0.717, 1.165) is 25.3 Å². The summed E-state index contributed by atoms with van der Waals surface area (Å²) in [5, 5.41) is 14.0. The fourth-order valence-corrected chi connectivity index (χ4v) is 2.46. The summed E-state index contributed by atoms with van der Waals surface area (Å²) in [5.41, 5.74) is -0.237. The van der Waals surface area contributed by atoms with Crippen LogP contribution in [0.3, 0.4) is 0 Å². The number of hydrogen-bond donors (Lipinski definition) is 3. The normalized spacial score (nSPS) is 16.4. The number of aliphatic hydroxyl groups excluding tert-OH is 1. The summed E-state index contributed by atoms with van der Waals surface area (Å²) in [4.78, 5) is 11.7. The number of benzene rings is 1. The molecule has 1 fully saturated rings. The monoisotopic (exact) mass is 284 g/mol. The fraction of sp³-hybridized carbons (Fsp3) is 0.500. The van der Waals surface area contributed by atoms with Gasteiger partial charge in [0.25, 0.3) is 0 Å². The van der Waals surface area contributed by atoms with E-state index in [1.165, 1.54) is 12.1 Å². The van der Waals surface area contributed by atoms with E-state index < -0.39 is 17.7 Å². The van der Waals surface area contributed by atoms with Crippen molar-refractivity contribution < 1.29 is 18.7 Å². The second kappa shape index (κ2) is 6.17. The Labute approximate surface area is 116 Å². The maximum atomic E-state index is 13.4. The predicted molar refractivity (Wildman–Crippen MR) is 71.4 cm³/mol. The van der Waals surface area contributed by atoms with Crippen LogP contribution in [-0.2, 0) is 0 Å². The number of nitrogens with one attached hydrogen (secondary N) is 2. The molecule has 6 heteroatoms. The Kier molecular flexibility index (Phi) is 4.54. The molecule has 0 bridgehead atoms. The quantitative estimate of drug-likeness (QED) is 0.778. The number of halogens is 2. The van der Waals surface area contributed by atoms with Crippen LogP contribution in [0.2, 0.25) is 0 Å². The van der Waals surface area contributed by atoms with Gasteiger partial charge in [0.15, 0.2) is 11.6 Å². The Morgan fingerprint density at radius 1 is 1.35 bits per heavy atom. The number of carbonyl (C=O) groups excluding carboxylic acids is 1. The van der Waals surface area contributed by atoms with Gasteiger partial charge in [-0.15, -0.1) is 0 Å². The van der Waals surface area contributed by atoms with Crippen LogP contribution in [0.4, 0.5) is 19.3 Å². The molecule has 3 N–H and O–H groups in total. The molecule has 1 aromatic rings. The molecule has 0 atom stereocenters. The lowest BCUT2D eigenvalue weighted by molar-refractivity contribution is 0.0892. The average Bonchev–Trinajstić information content (AvgIpc) is 2.38. The van der Waals surface area contributed by atoms with Crippen molar-refractivity contribution >= 4 is 11.7 Å². The minimum atomic E-state index is -1.07. The summed E-state index contributed by atoms with van der Waals surface area (Å²) < 4.78 is 26.4. The molecule has 0 radical (unpaired) electrons. The number of amides is 2. The highest BCUT2D eigenvalue weighted by molar-refractivity contribution is 5.89. The Hall–Kier alpha value is -1.69. The smallest absolute Gasteiger partial charge is 0.319 e. The van der Waals surface area contributed by atoms with Crippen LogP contribution in [0.25, 0.3) is 0 Å². The number of urea groups is 1. The maximum Gasteiger partial charge on any atom is 0.319 e. The molecule has 1 aliphatic carbocycles. The Morgan fingerprint density at radius 3 is 2.70 bits per heavy atom. The molecule has 0 unspecified atom stereocenters. The van der Waals surface area contributed by atoms with E-state index >= 15 is 0 Å². The van der Waals surface area contributed by atoms with Gasteiger partial charge >= 0.3 is 6.03 Å². The van der Waals surface area contributed by atoms with Crippen LogP contribution in [0.5, 0.6) is 0 Å². The summed E-state index contributed by atoms with van der Waals surface area (Å²) in [7, 11) is 0. The molecular weight excluding hydrogens is 266 g/mol. The van der Waals surface area contributed by atoms with Gasteiger partial charge in [-0.25, -0.2) is 13.6 Å². The second-order valence-corrected chi connectivity index (χ2v) is 5.24. The van der Waals surface area contributed by atoms with E-state index in [4.69, 9.17) is 5.11 Å². The molecule has 1 saturated carbocycles. The number of aliphatic hydroxyl groups is 1. The summed E-state index contributed by atoms with van der Waals surface area (Å²) in [6.07, 6.45) is 3.65. The molecule has 110 valence electrons. The fourth-order valence-electron chi connectivity index (χ4n) is 2.46. The first-order chi connectivity index (χ1) is 9.56. The SMILES string of the molecule is O=C(NCC1(CCO)CCC1)Nc1cccc(F)c1F. The zero-order valence-electron chi connectivity index (χ0n) is 11.1. The lowest BCUT2D eigenvalue weighted by Gasteiger charge is -2.41. The molecule has 0 saturated heterocycles. The van der Waals surface area contributed by atoms with Gasteiger partial charge in [-0.05, 0) is 36.8 Å². The summed E-state index contributed by atoms with van der Waals surface area (Å²) in [6, 6.07) is 3.04. The third-order valence-electron chi connectivity index (χ3n) is 3.88. The van der Waals surface area contributed by atoms with Crippen LogP contribution < -0.4 is 10.6 Å². The molecule has 1 aliphatic rings. The lowest BCUT2D eigenvalue weighted by Crippen LogP contribution is -2.44. The second-order valence-electron chi connectivity index (χ2n) is 5.24. The van der Waals surface area contributed by atoms with E-state index in [0.29, 0.717) is 13.0 Å². The zero-order chi connectivity index (χ0) is 14.6. The molecular formula is C14H18F2N2O2. The van der Waals surface area contributed by atoms with Crippen LogP contribution >= 0.6 is 0 Å². The number of rotatable bonds is 5. The van der Waals surface area contributed by atoms with Crippen molar-refractivity contribution in [3.05, 3.63) is 29.8 Å². The minimum Gasteiger partial charge on any atom is -0.396 e. The highest BCUT2D eigenvalue weighted by atomic mass is 19.2. The topological polar surface area (TPSA) is 61.4 Å². The van der Waals surface area contributed by atoms with Gasteiger partial charge < -0.3 is 15.7 Å². The minimum absolute atomic E-state index is 0.0490. The van der Waals surface area contributed by atoms with Gasteiger partial charge in [0, 0.05) is 13.2 Å². The number of hydrogen-bond acceptors (Lipinski definition) is 2. The van der Waals surface area contributed by atoms with Gasteiger partial charge in [0.1, 0.15) is 0 Å². The number of anilines is 1. The molecule has 0 heterocycles. The third-order valence-corrected chi connectivity index (χ3v) is 3.88. The van der Waals surface area contributed by atoms with Crippen LogP contribution in [-0.4, -0.2) is 24.3 Å². The van der Waals surface area contributed by atoms with Crippen molar-refractivity contribution in [2.75, 3.05) is 18.5 Å². The van der Waals surface area contributed by atoms with Gasteiger partial charge in [-0.2, -0.15) is 0 Å². The van der Waals surface area contributed by atoms with Gasteiger partial charge in [0.2, 0.25) is 0 Å². The van der Waals surface area contributed by atoms with Gasteiger partial charge in [-0.3, -0.25) is 0 Å². The molecule has 0 spiro atoms. The predicted octanol–water partition coefficient (Wildman–Crippen LogP) is 2.64. The van der Waals surface area contributed by atoms with Crippen molar-refractivity contribution in [3.8, 4) is 0 Å². The Bertz CT molecular complexity index is 490. The lowest BCUT2D eigenvalue weighted by atomic mass is 9.67. The zero-order valence-corrected chi connectivity index (χ0v) is 11.1. The van der Waals surface area contributed by atoms with Crippen LogP contribution in [0, 0.1) is 17.0 Å². The third kappa shape index (κ3) is 3.25. The Balaban J connectivity index is 1.88. The van der Waals surface area contributed by atoms with E-state index in [-0.39, 0.29) is 17.7 Å². The van der Waals surface area contributed by atoms with E-state index in [1.807, 2.05) is 0 Å². The largest absolute Gasteiger partial charge is 0.396 e. The van der Waals surface area contributed by atoms with Crippen molar-refractivity contribution in [2.45, 2.75) is 25.7 Å². The first kappa shape index (κ1) is 14.7. The van der Waals surface area contributed by atoms with Crippen molar-refractivity contribution in [1.82, 2.24) is 5.32 Å². The highest BCUT2D eigenvalue weighted by Crippen LogP contribution is 2.43.